The zero-order chi connectivity index (χ0) is 18.9. The van der Waals surface area contributed by atoms with E-state index in [0.717, 1.165) is 45.7 Å². The first-order chi connectivity index (χ1) is 13.3. The number of morpholine rings is 1. The molecular formula is C22H27NO4. The van der Waals surface area contributed by atoms with Gasteiger partial charge < -0.3 is 14.2 Å². The highest BCUT2D eigenvalue weighted by Crippen LogP contribution is 2.29. The number of carbonyl (C=O) groups is 1. The van der Waals surface area contributed by atoms with E-state index < -0.39 is 0 Å². The van der Waals surface area contributed by atoms with E-state index in [1.54, 1.807) is 12.1 Å². The van der Waals surface area contributed by atoms with Crippen molar-refractivity contribution in [3.8, 4) is 11.5 Å². The van der Waals surface area contributed by atoms with Gasteiger partial charge >= 0.3 is 5.97 Å². The maximum absolute atomic E-state index is 12.3. The normalized spacial score (nSPS) is 14.7. The Morgan fingerprint density at radius 3 is 2.59 bits per heavy atom. The molecule has 0 unspecified atom stereocenters. The van der Waals surface area contributed by atoms with Gasteiger partial charge in [-0.1, -0.05) is 24.3 Å². The molecule has 0 N–H and O–H groups in total. The average molecular weight is 369 g/mol. The lowest BCUT2D eigenvalue weighted by molar-refractivity contribution is 0.0374. The summed E-state index contributed by atoms with van der Waals surface area (Å²) in [6.07, 6.45) is 2.04. The molecule has 2 aromatic carbocycles. The highest BCUT2D eigenvalue weighted by atomic mass is 16.6. The molecule has 2 aromatic rings. The van der Waals surface area contributed by atoms with Crippen LogP contribution in [0.2, 0.25) is 0 Å². The van der Waals surface area contributed by atoms with Crippen molar-refractivity contribution in [2.45, 2.75) is 19.8 Å². The monoisotopic (exact) mass is 369 g/mol. The Kier molecular flexibility index (Phi) is 7.25. The van der Waals surface area contributed by atoms with Crippen molar-refractivity contribution >= 4 is 5.97 Å². The van der Waals surface area contributed by atoms with Gasteiger partial charge in [0.1, 0.15) is 0 Å². The summed E-state index contributed by atoms with van der Waals surface area (Å²) >= 11 is 0. The van der Waals surface area contributed by atoms with Crippen LogP contribution in [0.25, 0.3) is 0 Å². The molecule has 0 aromatic heterocycles. The first-order valence-corrected chi connectivity index (χ1v) is 9.59. The second-order valence-electron chi connectivity index (χ2n) is 6.53. The molecule has 27 heavy (non-hydrogen) atoms. The molecule has 144 valence electrons. The molecule has 0 radical (unpaired) electrons. The summed E-state index contributed by atoms with van der Waals surface area (Å²) in [5.74, 6) is 0.699. The maximum Gasteiger partial charge on any atom is 0.343 e. The van der Waals surface area contributed by atoms with Crippen LogP contribution in [0.3, 0.4) is 0 Å². The number of carbonyl (C=O) groups excluding carboxylic acids is 1. The van der Waals surface area contributed by atoms with E-state index in [1.165, 1.54) is 5.56 Å². The van der Waals surface area contributed by atoms with Crippen molar-refractivity contribution in [2.75, 3.05) is 39.5 Å². The highest BCUT2D eigenvalue weighted by molar-refractivity contribution is 5.91. The third-order valence-corrected chi connectivity index (χ3v) is 4.56. The predicted octanol–water partition coefficient (Wildman–Crippen LogP) is 3.57. The van der Waals surface area contributed by atoms with Gasteiger partial charge in [0.05, 0.1) is 25.4 Å². The van der Waals surface area contributed by atoms with Gasteiger partial charge in [-0.15, -0.1) is 0 Å². The van der Waals surface area contributed by atoms with Crippen LogP contribution in [0.15, 0.2) is 48.5 Å². The van der Waals surface area contributed by atoms with E-state index >= 15 is 0 Å². The molecule has 1 heterocycles. The molecule has 0 spiro atoms. The van der Waals surface area contributed by atoms with Crippen molar-refractivity contribution in [3.05, 3.63) is 59.7 Å². The highest BCUT2D eigenvalue weighted by Gasteiger charge is 2.14. The number of nitrogens with zero attached hydrogens (tertiary/aromatic N) is 1. The van der Waals surface area contributed by atoms with Gasteiger partial charge in [-0.3, -0.25) is 4.90 Å². The largest absolute Gasteiger partial charge is 0.490 e. The molecule has 1 aliphatic heterocycles. The summed E-state index contributed by atoms with van der Waals surface area (Å²) < 4.78 is 16.6. The Labute approximate surface area is 160 Å². The van der Waals surface area contributed by atoms with Crippen LogP contribution >= 0.6 is 0 Å². The van der Waals surface area contributed by atoms with Crippen LogP contribution in [0.1, 0.15) is 29.3 Å². The maximum atomic E-state index is 12.3. The van der Waals surface area contributed by atoms with E-state index in [9.17, 15) is 4.79 Å². The van der Waals surface area contributed by atoms with Gasteiger partial charge in [-0.05, 0) is 56.1 Å². The lowest BCUT2D eigenvalue weighted by Crippen LogP contribution is -2.36. The van der Waals surface area contributed by atoms with Gasteiger partial charge in [0.2, 0.25) is 0 Å². The minimum absolute atomic E-state index is 0.378. The van der Waals surface area contributed by atoms with Crippen LogP contribution in [-0.2, 0) is 11.2 Å². The van der Waals surface area contributed by atoms with Crippen LogP contribution in [0.5, 0.6) is 11.5 Å². The van der Waals surface area contributed by atoms with Crippen LogP contribution in [0.4, 0.5) is 0 Å². The number of hydrogen-bond acceptors (Lipinski definition) is 5. The second kappa shape index (κ2) is 10.1. The predicted molar refractivity (Wildman–Crippen MR) is 105 cm³/mol. The van der Waals surface area contributed by atoms with Crippen molar-refractivity contribution in [1.29, 1.82) is 0 Å². The van der Waals surface area contributed by atoms with Gasteiger partial charge in [-0.25, -0.2) is 4.79 Å². The molecule has 1 saturated heterocycles. The molecule has 0 saturated carbocycles. The second-order valence-corrected chi connectivity index (χ2v) is 6.53. The third kappa shape index (κ3) is 5.81. The molecule has 0 amide bonds. The Balaban J connectivity index is 1.60. The minimum Gasteiger partial charge on any atom is -0.490 e. The smallest absolute Gasteiger partial charge is 0.343 e. The summed E-state index contributed by atoms with van der Waals surface area (Å²) in [5, 5.41) is 0. The zero-order valence-corrected chi connectivity index (χ0v) is 15.9. The van der Waals surface area contributed by atoms with Gasteiger partial charge in [-0.2, -0.15) is 0 Å². The molecule has 1 aliphatic rings. The van der Waals surface area contributed by atoms with Crippen molar-refractivity contribution in [2.24, 2.45) is 0 Å². The molecular weight excluding hydrogens is 342 g/mol. The molecule has 0 atom stereocenters. The fraction of sp³-hybridized carbons (Fsp3) is 0.409. The van der Waals surface area contributed by atoms with Gasteiger partial charge in [0.15, 0.2) is 11.5 Å². The Hall–Kier alpha value is -2.37. The summed E-state index contributed by atoms with van der Waals surface area (Å²) in [7, 11) is 0. The third-order valence-electron chi connectivity index (χ3n) is 4.56. The summed E-state index contributed by atoms with van der Waals surface area (Å²) in [5.41, 5.74) is 1.71. The SMILES string of the molecule is CCOc1cc(CCCN2CCOCC2)ccc1OC(=O)c1ccccc1. The molecule has 1 fully saturated rings. The van der Waals surface area contributed by atoms with Gasteiger partial charge in [0, 0.05) is 13.1 Å². The first-order valence-electron chi connectivity index (χ1n) is 9.59. The van der Waals surface area contributed by atoms with E-state index in [4.69, 9.17) is 14.2 Å². The lowest BCUT2D eigenvalue weighted by Gasteiger charge is -2.26. The van der Waals surface area contributed by atoms with Crippen molar-refractivity contribution in [1.82, 2.24) is 4.90 Å². The average Bonchev–Trinajstić information content (AvgIpc) is 2.71. The summed E-state index contributed by atoms with van der Waals surface area (Å²) in [4.78, 5) is 14.7. The Morgan fingerprint density at radius 2 is 1.85 bits per heavy atom. The number of ether oxygens (including phenoxy) is 3. The van der Waals surface area contributed by atoms with Crippen LogP contribution in [-0.4, -0.2) is 50.3 Å². The van der Waals surface area contributed by atoms with Crippen molar-refractivity contribution < 1.29 is 19.0 Å². The number of hydrogen-bond donors (Lipinski definition) is 0. The van der Waals surface area contributed by atoms with Crippen LogP contribution in [0, 0.1) is 0 Å². The minimum atomic E-state index is -0.378. The molecule has 5 nitrogen and oxygen atoms in total. The van der Waals surface area contributed by atoms with E-state index in [2.05, 4.69) is 4.90 Å². The quantitative estimate of drug-likeness (QED) is 0.526. The van der Waals surface area contributed by atoms with E-state index in [0.29, 0.717) is 23.7 Å². The standard InChI is InChI=1S/C22H27NO4/c1-2-26-21-17-18(7-6-12-23-13-15-25-16-14-23)10-11-20(21)27-22(24)19-8-4-3-5-9-19/h3-5,8-11,17H,2,6-7,12-16H2,1H3. The molecule has 5 heteroatoms. The van der Waals surface area contributed by atoms with Crippen molar-refractivity contribution in [3.63, 3.8) is 0 Å². The molecule has 0 aliphatic carbocycles. The zero-order valence-electron chi connectivity index (χ0n) is 15.9. The number of benzene rings is 2. The molecule has 3 rings (SSSR count). The molecule has 0 bridgehead atoms. The fourth-order valence-corrected chi connectivity index (χ4v) is 3.13. The topological polar surface area (TPSA) is 48.0 Å². The lowest BCUT2D eigenvalue weighted by atomic mass is 10.1. The fourth-order valence-electron chi connectivity index (χ4n) is 3.13. The van der Waals surface area contributed by atoms with Gasteiger partial charge in [0.25, 0.3) is 0 Å². The first kappa shape index (κ1) is 19.4. The van der Waals surface area contributed by atoms with E-state index in [-0.39, 0.29) is 5.97 Å². The van der Waals surface area contributed by atoms with Crippen LogP contribution < -0.4 is 9.47 Å². The number of rotatable bonds is 8. The summed E-state index contributed by atoms with van der Waals surface area (Å²) in [6.45, 7) is 7.20. The van der Waals surface area contributed by atoms with E-state index in [1.807, 2.05) is 43.3 Å². The number of aryl methyl sites for hydroxylation is 1. The summed E-state index contributed by atoms with van der Waals surface area (Å²) in [6, 6.07) is 14.8. The number of esters is 1. The Morgan fingerprint density at radius 1 is 1.07 bits per heavy atom. The Bertz CT molecular complexity index is 726.